The van der Waals surface area contributed by atoms with Crippen molar-refractivity contribution < 1.29 is 13.9 Å². The average Bonchev–Trinajstić information content (AvgIpc) is 3.37. The number of aliphatic hydroxyl groups excluding tert-OH is 1. The number of anilines is 1. The van der Waals surface area contributed by atoms with Crippen LogP contribution in [0, 0.1) is 6.92 Å². The second kappa shape index (κ2) is 12.9. The van der Waals surface area contributed by atoms with Crippen molar-refractivity contribution in [3.8, 4) is 11.4 Å². The van der Waals surface area contributed by atoms with Gasteiger partial charge in [0.25, 0.3) is 11.5 Å². The topological polar surface area (TPSA) is 97.0 Å². The number of hydrogen-bond donors (Lipinski definition) is 4. The number of nitrogens with zero attached hydrogens (tertiary/aromatic N) is 2. The highest BCUT2D eigenvalue weighted by molar-refractivity contribution is 6.30. The number of piperidine rings is 1. The summed E-state index contributed by atoms with van der Waals surface area (Å²) in [7, 11) is 0. The van der Waals surface area contributed by atoms with Gasteiger partial charge in [-0.05, 0) is 74.3 Å². The summed E-state index contributed by atoms with van der Waals surface area (Å²) in [5.74, 6) is -2.77. The maximum Gasteiger partial charge on any atom is 0.285 e. The summed E-state index contributed by atoms with van der Waals surface area (Å²) in [5, 5.41) is 14.2. The second-order valence-corrected chi connectivity index (χ2v) is 10.3. The van der Waals surface area contributed by atoms with E-state index in [0.717, 1.165) is 19.3 Å². The molecule has 1 atom stereocenters. The van der Waals surface area contributed by atoms with E-state index >= 15 is 8.78 Å². The number of likely N-dealkylation sites (tertiary alicyclic amines) is 1. The number of H-pyrrole nitrogens is 2. The summed E-state index contributed by atoms with van der Waals surface area (Å²) in [6.07, 6.45) is 3.59. The first kappa shape index (κ1) is 29.7. The van der Waals surface area contributed by atoms with Crippen LogP contribution in [0.25, 0.3) is 22.4 Å². The van der Waals surface area contributed by atoms with Crippen LogP contribution in [-0.2, 0) is 5.92 Å². The van der Waals surface area contributed by atoms with Crippen LogP contribution in [0.4, 0.5) is 14.5 Å². The molecule has 1 aliphatic rings. The third kappa shape index (κ3) is 6.71. The molecule has 1 fully saturated rings. The number of hydrogen-bond acceptors (Lipinski definition) is 5. The van der Waals surface area contributed by atoms with Crippen LogP contribution in [0.5, 0.6) is 0 Å². The van der Waals surface area contributed by atoms with E-state index in [1.807, 2.05) is 18.7 Å². The maximum absolute atomic E-state index is 15.3. The number of rotatable bonds is 8. The predicted molar refractivity (Wildman–Crippen MR) is 157 cm³/mol. The molecule has 5 rings (SSSR count). The van der Waals surface area contributed by atoms with E-state index in [1.165, 1.54) is 18.3 Å². The Labute approximate surface area is 237 Å². The smallest absolute Gasteiger partial charge is 0.285 e. The van der Waals surface area contributed by atoms with Crippen LogP contribution in [0.3, 0.4) is 0 Å². The van der Waals surface area contributed by atoms with Gasteiger partial charge in [0.1, 0.15) is 11.4 Å². The van der Waals surface area contributed by atoms with Crippen molar-refractivity contribution in [3.63, 3.8) is 0 Å². The average molecular weight is 572 g/mol. The molecule has 0 unspecified atom stereocenters. The maximum atomic E-state index is 15.3. The lowest BCUT2D eigenvalue weighted by Gasteiger charge is -2.30. The zero-order chi connectivity index (χ0) is 28.9. The third-order valence-corrected chi connectivity index (χ3v) is 7.22. The van der Waals surface area contributed by atoms with Crippen molar-refractivity contribution in [3.05, 3.63) is 80.7 Å². The highest BCUT2D eigenvalue weighted by Gasteiger charge is 2.35. The van der Waals surface area contributed by atoms with Crippen molar-refractivity contribution in [2.24, 2.45) is 0 Å². The molecule has 0 bridgehead atoms. The highest BCUT2D eigenvalue weighted by atomic mass is 35.5. The molecule has 0 radical (unpaired) electrons. The SMILES string of the molecule is CC.Cc1cc(C(F)(F)CN2CCCCC2)cc2[nH]c(-c3c(NC[C@H](O)c4cccc(Cl)c4)cc[nH]c3=O)nc12. The van der Waals surface area contributed by atoms with Crippen LogP contribution >= 0.6 is 11.6 Å². The van der Waals surface area contributed by atoms with E-state index < -0.39 is 17.6 Å². The van der Waals surface area contributed by atoms with Crippen LogP contribution in [0.2, 0.25) is 5.02 Å². The molecule has 2 aromatic carbocycles. The first-order chi connectivity index (χ1) is 19.2. The predicted octanol–water partition coefficient (Wildman–Crippen LogP) is 6.63. The number of imidazole rings is 1. The first-order valence-electron chi connectivity index (χ1n) is 13.7. The molecule has 1 saturated heterocycles. The Morgan fingerprint density at radius 2 is 1.90 bits per heavy atom. The fourth-order valence-electron chi connectivity index (χ4n) is 5.01. The lowest BCUT2D eigenvalue weighted by molar-refractivity contribution is -0.0415. The molecule has 0 spiro atoms. The first-order valence-corrected chi connectivity index (χ1v) is 14.1. The number of aryl methyl sites for hydroxylation is 1. The Morgan fingerprint density at radius 3 is 2.62 bits per heavy atom. The quantitative estimate of drug-likeness (QED) is 0.190. The van der Waals surface area contributed by atoms with E-state index in [0.29, 0.717) is 46.0 Å². The standard InChI is InChI=1S/C28H30ClF2N5O2.C2H6/c1-17-12-19(28(30,31)16-36-10-3-2-4-11-36)14-22-25(17)35-26(34-22)24-21(8-9-32-27(24)38)33-15-23(37)18-6-5-7-20(29)13-18;1-2/h5-9,12-14,23,37H,2-4,10-11,15-16H2,1H3,(H,34,35)(H2,32,33,38);1-2H3/t23-;/m0./s1. The number of nitrogens with one attached hydrogen (secondary N) is 3. The Morgan fingerprint density at radius 1 is 1.15 bits per heavy atom. The van der Waals surface area contributed by atoms with Gasteiger partial charge in [-0.15, -0.1) is 0 Å². The van der Waals surface area contributed by atoms with Crippen LogP contribution in [0.15, 0.2) is 53.5 Å². The fourth-order valence-corrected chi connectivity index (χ4v) is 5.21. The molecule has 10 heteroatoms. The molecule has 4 N–H and O–H groups in total. The number of aromatic amines is 2. The molecule has 40 heavy (non-hydrogen) atoms. The highest BCUT2D eigenvalue weighted by Crippen LogP contribution is 2.34. The number of aromatic nitrogens is 3. The molecule has 0 aliphatic carbocycles. The lowest BCUT2D eigenvalue weighted by atomic mass is 10.0. The van der Waals surface area contributed by atoms with Crippen molar-refractivity contribution in [2.75, 3.05) is 31.5 Å². The van der Waals surface area contributed by atoms with Crippen molar-refractivity contribution in [1.29, 1.82) is 0 Å². The number of benzene rings is 2. The minimum Gasteiger partial charge on any atom is -0.387 e. The zero-order valence-electron chi connectivity index (χ0n) is 23.0. The summed E-state index contributed by atoms with van der Waals surface area (Å²) in [5.41, 5.74) is 2.37. The van der Waals surface area contributed by atoms with Gasteiger partial charge in [-0.25, -0.2) is 4.98 Å². The van der Waals surface area contributed by atoms with Gasteiger partial charge in [-0.2, -0.15) is 8.78 Å². The Kier molecular flexibility index (Phi) is 9.60. The summed E-state index contributed by atoms with van der Waals surface area (Å²) in [6.45, 7) is 6.90. The number of pyridine rings is 1. The van der Waals surface area contributed by atoms with Crippen LogP contribution in [0.1, 0.15) is 55.9 Å². The van der Waals surface area contributed by atoms with Gasteiger partial charge < -0.3 is 20.4 Å². The molecule has 1 aliphatic heterocycles. The van der Waals surface area contributed by atoms with Gasteiger partial charge in [0.2, 0.25) is 0 Å². The normalized spacial score (nSPS) is 15.0. The van der Waals surface area contributed by atoms with Crippen molar-refractivity contribution in [1.82, 2.24) is 19.9 Å². The van der Waals surface area contributed by atoms with Crippen molar-refractivity contribution >= 4 is 28.3 Å². The molecular formula is C30H36ClF2N5O2. The van der Waals surface area contributed by atoms with E-state index in [4.69, 9.17) is 11.6 Å². The summed E-state index contributed by atoms with van der Waals surface area (Å²) >= 11 is 6.03. The molecular weight excluding hydrogens is 536 g/mol. The van der Waals surface area contributed by atoms with Crippen molar-refractivity contribution in [2.45, 2.75) is 52.1 Å². The van der Waals surface area contributed by atoms with Gasteiger partial charge in [0.05, 0.1) is 29.4 Å². The van der Waals surface area contributed by atoms with Crippen LogP contribution < -0.4 is 10.9 Å². The van der Waals surface area contributed by atoms with Gasteiger partial charge >= 0.3 is 0 Å². The van der Waals surface area contributed by atoms with Gasteiger partial charge in [0, 0.05) is 23.3 Å². The third-order valence-electron chi connectivity index (χ3n) is 6.99. The van der Waals surface area contributed by atoms with E-state index in [1.54, 1.807) is 37.3 Å². The van der Waals surface area contributed by atoms with Gasteiger partial charge in [-0.3, -0.25) is 9.69 Å². The summed E-state index contributed by atoms with van der Waals surface area (Å²) < 4.78 is 30.5. The number of aliphatic hydroxyl groups is 1. The van der Waals surface area contributed by atoms with Crippen LogP contribution in [-0.4, -0.2) is 51.1 Å². The molecule has 0 amide bonds. The largest absolute Gasteiger partial charge is 0.387 e. The zero-order valence-corrected chi connectivity index (χ0v) is 23.8. The monoisotopic (exact) mass is 571 g/mol. The molecule has 3 heterocycles. The summed E-state index contributed by atoms with van der Waals surface area (Å²) in [6, 6.07) is 11.5. The molecule has 4 aromatic rings. The fraction of sp³-hybridized carbons (Fsp3) is 0.400. The molecule has 0 saturated carbocycles. The number of alkyl halides is 2. The lowest BCUT2D eigenvalue weighted by Crippen LogP contribution is -2.38. The Hall–Kier alpha value is -3.27. The van der Waals surface area contributed by atoms with E-state index in [2.05, 4.69) is 20.3 Å². The Balaban J connectivity index is 0.00000181. The second-order valence-electron chi connectivity index (χ2n) is 9.86. The molecule has 2 aromatic heterocycles. The van der Waals surface area contributed by atoms with Gasteiger partial charge in [0.15, 0.2) is 0 Å². The minimum absolute atomic E-state index is 0.0757. The van der Waals surface area contributed by atoms with Gasteiger partial charge in [-0.1, -0.05) is 44.0 Å². The van der Waals surface area contributed by atoms with E-state index in [9.17, 15) is 9.90 Å². The Bertz CT molecular complexity index is 1500. The molecule has 214 valence electrons. The minimum atomic E-state index is -3.02. The molecule has 7 nitrogen and oxygen atoms in total. The van der Waals surface area contributed by atoms with E-state index in [-0.39, 0.29) is 30.0 Å². The summed E-state index contributed by atoms with van der Waals surface area (Å²) in [4.78, 5) is 25.0. The number of fused-ring (bicyclic) bond motifs is 1. The number of halogens is 3.